The minimum atomic E-state index is 0.373. The maximum absolute atomic E-state index is 5.75. The molecule has 0 radical (unpaired) electrons. The van der Waals surface area contributed by atoms with Crippen molar-refractivity contribution in [2.24, 2.45) is 0 Å². The molecule has 5 heteroatoms. The van der Waals surface area contributed by atoms with E-state index in [0.29, 0.717) is 12.6 Å². The van der Waals surface area contributed by atoms with Gasteiger partial charge in [0.15, 0.2) is 0 Å². The van der Waals surface area contributed by atoms with Crippen molar-refractivity contribution in [2.75, 3.05) is 0 Å². The summed E-state index contributed by atoms with van der Waals surface area (Å²) >= 11 is 1.65. The molecule has 0 unspecified atom stereocenters. The quantitative estimate of drug-likeness (QED) is 0.718. The molecule has 0 spiro atoms. The maximum Gasteiger partial charge on any atom is 0.140 e. The highest BCUT2D eigenvalue weighted by Crippen LogP contribution is 2.30. The molecule has 1 aliphatic rings. The Labute approximate surface area is 145 Å². The van der Waals surface area contributed by atoms with Gasteiger partial charge < -0.3 is 14.5 Å². The first-order valence-corrected chi connectivity index (χ1v) is 9.17. The summed E-state index contributed by atoms with van der Waals surface area (Å²) in [6, 6.07) is 12.3. The van der Waals surface area contributed by atoms with E-state index in [9.17, 15) is 0 Å². The molecule has 24 heavy (non-hydrogen) atoms. The molecule has 1 atom stereocenters. The van der Waals surface area contributed by atoms with Crippen LogP contribution in [-0.2, 0) is 19.6 Å². The van der Waals surface area contributed by atoms with Crippen LogP contribution in [-0.4, -0.2) is 4.98 Å². The Hall–Kier alpha value is -2.11. The van der Waals surface area contributed by atoms with Gasteiger partial charge in [0.2, 0.25) is 0 Å². The van der Waals surface area contributed by atoms with Gasteiger partial charge in [-0.25, -0.2) is 4.98 Å². The largest absolute Gasteiger partial charge is 0.486 e. The van der Waals surface area contributed by atoms with Crippen LogP contribution in [0.3, 0.4) is 0 Å². The van der Waals surface area contributed by atoms with Crippen LogP contribution < -0.4 is 10.1 Å². The third kappa shape index (κ3) is 3.52. The smallest absolute Gasteiger partial charge is 0.140 e. The molecule has 0 fully saturated rings. The molecule has 1 aromatic carbocycles. The number of hydrogen-bond acceptors (Lipinski definition) is 5. The molecule has 0 bridgehead atoms. The Balaban J connectivity index is 1.32. The Morgan fingerprint density at radius 2 is 2.17 bits per heavy atom. The Morgan fingerprint density at radius 3 is 3.08 bits per heavy atom. The minimum absolute atomic E-state index is 0.373. The zero-order valence-electron chi connectivity index (χ0n) is 13.4. The summed E-state index contributed by atoms with van der Waals surface area (Å²) in [5.41, 5.74) is 2.38. The van der Waals surface area contributed by atoms with Crippen molar-refractivity contribution < 1.29 is 9.15 Å². The van der Waals surface area contributed by atoms with E-state index < -0.39 is 0 Å². The standard InChI is InChI=1S/C19H20N2O2S/c1-2-5-15(6-3-1)23-12-19-21-14(13-24-19)11-20-17-7-4-8-18-16(17)9-10-22-18/h1-3,5-6,9-10,13,17,20H,4,7-8,11-12H2/t17-/m1/s1. The monoisotopic (exact) mass is 340 g/mol. The Morgan fingerprint density at radius 1 is 1.25 bits per heavy atom. The Kier molecular flexibility index (Phi) is 4.62. The van der Waals surface area contributed by atoms with E-state index in [0.717, 1.165) is 41.6 Å². The van der Waals surface area contributed by atoms with Gasteiger partial charge in [0.1, 0.15) is 23.1 Å². The molecular formula is C19H20N2O2S. The normalized spacial score (nSPS) is 16.8. The molecule has 0 amide bonds. The molecule has 3 aromatic rings. The number of aromatic nitrogens is 1. The van der Waals surface area contributed by atoms with E-state index in [1.54, 1.807) is 17.6 Å². The first-order chi connectivity index (χ1) is 11.9. The van der Waals surface area contributed by atoms with Crippen LogP contribution in [0.25, 0.3) is 0 Å². The zero-order valence-corrected chi connectivity index (χ0v) is 14.2. The predicted molar refractivity (Wildman–Crippen MR) is 94.1 cm³/mol. The molecule has 2 aromatic heterocycles. The van der Waals surface area contributed by atoms with Crippen LogP contribution in [0.1, 0.15) is 40.9 Å². The molecule has 124 valence electrons. The van der Waals surface area contributed by atoms with Crippen molar-refractivity contribution in [1.29, 1.82) is 0 Å². The third-order valence-corrected chi connectivity index (χ3v) is 5.16. The zero-order chi connectivity index (χ0) is 16.2. The molecule has 0 saturated carbocycles. The molecule has 4 nitrogen and oxygen atoms in total. The van der Waals surface area contributed by atoms with Gasteiger partial charge in [0, 0.05) is 30.0 Å². The fourth-order valence-electron chi connectivity index (χ4n) is 3.08. The van der Waals surface area contributed by atoms with E-state index in [1.165, 1.54) is 12.0 Å². The molecular weight excluding hydrogens is 320 g/mol. The summed E-state index contributed by atoms with van der Waals surface area (Å²) in [5, 5.41) is 6.72. The van der Waals surface area contributed by atoms with Crippen LogP contribution in [0.5, 0.6) is 5.75 Å². The lowest BCUT2D eigenvalue weighted by molar-refractivity contribution is 0.305. The predicted octanol–water partition coefficient (Wildman–Crippen LogP) is 4.48. The van der Waals surface area contributed by atoms with Crippen molar-refractivity contribution in [3.63, 3.8) is 0 Å². The fraction of sp³-hybridized carbons (Fsp3) is 0.316. The number of benzene rings is 1. The fourth-order valence-corrected chi connectivity index (χ4v) is 3.79. The van der Waals surface area contributed by atoms with Crippen molar-refractivity contribution in [3.05, 3.63) is 70.1 Å². The third-order valence-electron chi connectivity index (χ3n) is 4.29. The van der Waals surface area contributed by atoms with Gasteiger partial charge in [-0.3, -0.25) is 0 Å². The number of furan rings is 1. The second-order valence-corrected chi connectivity index (χ2v) is 6.90. The summed E-state index contributed by atoms with van der Waals surface area (Å²) in [4.78, 5) is 4.66. The van der Waals surface area contributed by atoms with Crippen LogP contribution in [0.15, 0.2) is 52.5 Å². The highest BCUT2D eigenvalue weighted by atomic mass is 32.1. The highest BCUT2D eigenvalue weighted by molar-refractivity contribution is 7.09. The summed E-state index contributed by atoms with van der Waals surface area (Å²) in [5.74, 6) is 2.01. The summed E-state index contributed by atoms with van der Waals surface area (Å²) in [6.45, 7) is 1.29. The van der Waals surface area contributed by atoms with E-state index >= 15 is 0 Å². The van der Waals surface area contributed by atoms with Gasteiger partial charge in [0.25, 0.3) is 0 Å². The van der Waals surface area contributed by atoms with Crippen LogP contribution >= 0.6 is 11.3 Å². The summed E-state index contributed by atoms with van der Waals surface area (Å²) in [6.07, 6.45) is 5.18. The summed E-state index contributed by atoms with van der Waals surface area (Å²) < 4.78 is 11.3. The second-order valence-electron chi connectivity index (χ2n) is 5.96. The van der Waals surface area contributed by atoms with Crippen LogP contribution in [0.4, 0.5) is 0 Å². The molecule has 0 aliphatic heterocycles. The van der Waals surface area contributed by atoms with Crippen LogP contribution in [0, 0.1) is 0 Å². The average molecular weight is 340 g/mol. The molecule has 0 saturated heterocycles. The maximum atomic E-state index is 5.75. The number of aryl methyl sites for hydroxylation is 1. The van der Waals surface area contributed by atoms with Gasteiger partial charge >= 0.3 is 0 Å². The van der Waals surface area contributed by atoms with Crippen molar-refractivity contribution in [1.82, 2.24) is 10.3 Å². The molecule has 4 rings (SSSR count). The number of nitrogens with zero attached hydrogens (tertiary/aromatic N) is 1. The number of fused-ring (bicyclic) bond motifs is 1. The second kappa shape index (κ2) is 7.20. The van der Waals surface area contributed by atoms with Crippen molar-refractivity contribution in [3.8, 4) is 5.75 Å². The number of ether oxygens (including phenoxy) is 1. The van der Waals surface area contributed by atoms with E-state index in [4.69, 9.17) is 9.15 Å². The van der Waals surface area contributed by atoms with Gasteiger partial charge in [-0.1, -0.05) is 18.2 Å². The number of rotatable bonds is 6. The summed E-state index contributed by atoms with van der Waals surface area (Å²) in [7, 11) is 0. The van der Waals surface area contributed by atoms with Crippen LogP contribution in [0.2, 0.25) is 0 Å². The lowest BCUT2D eigenvalue weighted by Gasteiger charge is -2.22. The SMILES string of the molecule is c1ccc(OCc2nc(CN[C@@H]3CCCc4occc43)cs2)cc1. The number of nitrogens with one attached hydrogen (secondary N) is 1. The minimum Gasteiger partial charge on any atom is -0.486 e. The van der Waals surface area contributed by atoms with Crippen molar-refractivity contribution >= 4 is 11.3 Å². The lowest BCUT2D eigenvalue weighted by atomic mass is 9.93. The molecule has 2 heterocycles. The Bertz CT molecular complexity index is 782. The molecule has 1 aliphatic carbocycles. The first kappa shape index (κ1) is 15.4. The number of thiazole rings is 1. The topological polar surface area (TPSA) is 47.3 Å². The van der Waals surface area contributed by atoms with Gasteiger partial charge in [-0.2, -0.15) is 0 Å². The lowest BCUT2D eigenvalue weighted by Crippen LogP contribution is -2.24. The number of hydrogen-bond donors (Lipinski definition) is 1. The number of para-hydroxylation sites is 1. The highest BCUT2D eigenvalue weighted by Gasteiger charge is 2.22. The van der Waals surface area contributed by atoms with Gasteiger partial charge in [0.05, 0.1) is 12.0 Å². The van der Waals surface area contributed by atoms with Gasteiger partial charge in [-0.15, -0.1) is 11.3 Å². The molecule has 1 N–H and O–H groups in total. The van der Waals surface area contributed by atoms with E-state index in [1.807, 2.05) is 30.3 Å². The first-order valence-electron chi connectivity index (χ1n) is 8.29. The van der Waals surface area contributed by atoms with E-state index in [2.05, 4.69) is 21.7 Å². The van der Waals surface area contributed by atoms with Gasteiger partial charge in [-0.05, 0) is 31.0 Å². The van der Waals surface area contributed by atoms with E-state index in [-0.39, 0.29) is 0 Å². The van der Waals surface area contributed by atoms with Crippen molar-refractivity contribution in [2.45, 2.75) is 38.5 Å². The average Bonchev–Trinajstić information content (AvgIpc) is 3.28.